The highest BCUT2D eigenvalue weighted by molar-refractivity contribution is 6.10. The van der Waals surface area contributed by atoms with Gasteiger partial charge in [0.1, 0.15) is 0 Å². The van der Waals surface area contributed by atoms with Gasteiger partial charge in [0.25, 0.3) is 0 Å². The molecule has 0 radical (unpaired) electrons. The van der Waals surface area contributed by atoms with E-state index in [1.54, 1.807) is 24.3 Å². The minimum atomic E-state index is -0.0628. The van der Waals surface area contributed by atoms with Crippen molar-refractivity contribution in [1.29, 1.82) is 0 Å². The van der Waals surface area contributed by atoms with E-state index in [0.29, 0.717) is 17.5 Å². The number of hydrogen-bond acceptors (Lipinski definition) is 3. The molecule has 0 spiro atoms. The highest BCUT2D eigenvalue weighted by Gasteiger charge is 2.21. The average molecular weight is 292 g/mol. The highest BCUT2D eigenvalue weighted by Crippen LogP contribution is 2.18. The molecule has 1 heterocycles. The van der Waals surface area contributed by atoms with Crippen molar-refractivity contribution in [3.05, 3.63) is 71.3 Å². The summed E-state index contributed by atoms with van der Waals surface area (Å²) in [6.07, 6.45) is 0.434. The van der Waals surface area contributed by atoms with Gasteiger partial charge in [0, 0.05) is 23.5 Å². The van der Waals surface area contributed by atoms with E-state index in [9.17, 15) is 9.59 Å². The number of carbonyl (C=O) groups excluding carboxylic acids is 2. The number of rotatable bonds is 3. The van der Waals surface area contributed by atoms with Crippen LogP contribution in [0.5, 0.6) is 0 Å². The zero-order chi connectivity index (χ0) is 15.5. The highest BCUT2D eigenvalue weighted by atomic mass is 16.2. The second kappa shape index (κ2) is 5.93. The lowest BCUT2D eigenvalue weighted by Gasteiger charge is -2.19. The maximum absolute atomic E-state index is 12.4. The Hall–Kier alpha value is -2.75. The second-order valence-electron chi connectivity index (χ2n) is 5.41. The van der Waals surface area contributed by atoms with Gasteiger partial charge >= 0.3 is 0 Å². The molecule has 4 heteroatoms. The van der Waals surface area contributed by atoms with Gasteiger partial charge in [-0.05, 0) is 5.56 Å². The van der Waals surface area contributed by atoms with Gasteiger partial charge in [-0.3, -0.25) is 9.59 Å². The molecule has 0 aliphatic carbocycles. The van der Waals surface area contributed by atoms with E-state index in [2.05, 4.69) is 10.5 Å². The van der Waals surface area contributed by atoms with Crippen LogP contribution in [0.25, 0.3) is 0 Å². The molecule has 1 aliphatic heterocycles. The molecule has 1 unspecified atom stereocenters. The van der Waals surface area contributed by atoms with Gasteiger partial charge in [0.15, 0.2) is 5.78 Å². The van der Waals surface area contributed by atoms with Crippen molar-refractivity contribution in [3.63, 3.8) is 0 Å². The molecule has 2 aromatic rings. The Morgan fingerprint density at radius 1 is 1.05 bits per heavy atom. The van der Waals surface area contributed by atoms with Crippen molar-refractivity contribution in [2.24, 2.45) is 11.0 Å². The van der Waals surface area contributed by atoms with Crippen molar-refractivity contribution in [1.82, 2.24) is 5.43 Å². The standard InChI is InChI=1S/C18H16N2O2/c1-12-11-16(21)19-20-17(12)13-7-9-15(10-8-13)18(22)14-5-3-2-4-6-14/h2-10,12H,11H2,1H3,(H,19,21). The second-order valence-corrected chi connectivity index (χ2v) is 5.41. The summed E-state index contributed by atoms with van der Waals surface area (Å²) in [6.45, 7) is 1.97. The number of hydrazone groups is 1. The third-order valence-corrected chi connectivity index (χ3v) is 3.74. The van der Waals surface area contributed by atoms with Crippen LogP contribution < -0.4 is 5.43 Å². The van der Waals surface area contributed by atoms with Crippen LogP contribution in [0.4, 0.5) is 0 Å². The van der Waals surface area contributed by atoms with Crippen molar-refractivity contribution in [2.45, 2.75) is 13.3 Å². The van der Waals surface area contributed by atoms with E-state index in [0.717, 1.165) is 11.3 Å². The third-order valence-electron chi connectivity index (χ3n) is 3.74. The summed E-state index contributed by atoms with van der Waals surface area (Å²) in [5, 5.41) is 4.13. The fourth-order valence-electron chi connectivity index (χ4n) is 2.55. The maximum Gasteiger partial charge on any atom is 0.240 e. The zero-order valence-electron chi connectivity index (χ0n) is 12.2. The number of nitrogens with one attached hydrogen (secondary N) is 1. The number of nitrogens with zero attached hydrogens (tertiary/aromatic N) is 1. The number of amides is 1. The SMILES string of the molecule is CC1CC(=O)NN=C1c1ccc(C(=O)c2ccccc2)cc1. The molecule has 1 N–H and O–H groups in total. The Balaban J connectivity index is 1.84. The van der Waals surface area contributed by atoms with Crippen molar-refractivity contribution < 1.29 is 9.59 Å². The number of hydrogen-bond donors (Lipinski definition) is 1. The lowest BCUT2D eigenvalue weighted by Crippen LogP contribution is -2.31. The van der Waals surface area contributed by atoms with Crippen LogP contribution in [0.15, 0.2) is 59.7 Å². The average Bonchev–Trinajstić information content (AvgIpc) is 2.55. The zero-order valence-corrected chi connectivity index (χ0v) is 12.2. The number of ketones is 1. The van der Waals surface area contributed by atoms with Crippen LogP contribution in [-0.2, 0) is 4.79 Å². The van der Waals surface area contributed by atoms with E-state index < -0.39 is 0 Å². The third kappa shape index (κ3) is 2.81. The molecule has 0 saturated carbocycles. The number of carbonyl (C=O) groups is 2. The molecule has 1 aliphatic rings. The van der Waals surface area contributed by atoms with E-state index in [1.165, 1.54) is 0 Å². The first-order valence-electron chi connectivity index (χ1n) is 7.22. The van der Waals surface area contributed by atoms with E-state index in [1.807, 2.05) is 37.3 Å². The summed E-state index contributed by atoms with van der Waals surface area (Å²) >= 11 is 0. The van der Waals surface area contributed by atoms with Crippen LogP contribution in [0.1, 0.15) is 34.8 Å². The smallest absolute Gasteiger partial charge is 0.240 e. The molecule has 0 saturated heterocycles. The molecule has 22 heavy (non-hydrogen) atoms. The Kier molecular flexibility index (Phi) is 3.83. The summed E-state index contributed by atoms with van der Waals surface area (Å²) in [4.78, 5) is 23.6. The summed E-state index contributed by atoms with van der Waals surface area (Å²) in [6, 6.07) is 16.6. The Morgan fingerprint density at radius 3 is 2.32 bits per heavy atom. The molecular formula is C18H16N2O2. The van der Waals surface area contributed by atoms with Gasteiger partial charge in [0.2, 0.25) is 5.91 Å². The van der Waals surface area contributed by atoms with Gasteiger partial charge < -0.3 is 0 Å². The molecular weight excluding hydrogens is 276 g/mol. The normalized spacial score (nSPS) is 17.6. The van der Waals surface area contributed by atoms with Crippen LogP contribution in [0.3, 0.4) is 0 Å². The lowest BCUT2D eigenvalue weighted by atomic mass is 9.93. The Morgan fingerprint density at radius 2 is 1.68 bits per heavy atom. The molecule has 110 valence electrons. The molecule has 1 atom stereocenters. The molecule has 0 fully saturated rings. The predicted octanol–water partition coefficient (Wildman–Crippen LogP) is 2.78. The summed E-state index contributed by atoms with van der Waals surface area (Å²) < 4.78 is 0. The molecule has 2 aromatic carbocycles. The van der Waals surface area contributed by atoms with Gasteiger partial charge in [-0.15, -0.1) is 0 Å². The first-order chi connectivity index (χ1) is 10.6. The molecule has 0 bridgehead atoms. The summed E-state index contributed by atoms with van der Waals surface area (Å²) in [5.74, 6) is 0.00985. The molecule has 3 rings (SSSR count). The molecule has 0 aromatic heterocycles. The first-order valence-corrected chi connectivity index (χ1v) is 7.22. The minimum Gasteiger partial charge on any atom is -0.289 e. The van der Waals surface area contributed by atoms with Crippen molar-refractivity contribution >= 4 is 17.4 Å². The topological polar surface area (TPSA) is 58.5 Å². The van der Waals surface area contributed by atoms with Crippen molar-refractivity contribution in [2.75, 3.05) is 0 Å². The van der Waals surface area contributed by atoms with E-state index >= 15 is 0 Å². The van der Waals surface area contributed by atoms with E-state index in [4.69, 9.17) is 0 Å². The maximum atomic E-state index is 12.4. The molecule has 4 nitrogen and oxygen atoms in total. The number of benzene rings is 2. The lowest BCUT2D eigenvalue weighted by molar-refractivity contribution is -0.121. The molecule has 1 amide bonds. The largest absolute Gasteiger partial charge is 0.289 e. The first kappa shape index (κ1) is 14.2. The Bertz CT molecular complexity index is 733. The van der Waals surface area contributed by atoms with E-state index in [-0.39, 0.29) is 17.6 Å². The van der Waals surface area contributed by atoms with Crippen LogP contribution in [-0.4, -0.2) is 17.4 Å². The predicted molar refractivity (Wildman–Crippen MR) is 84.8 cm³/mol. The van der Waals surface area contributed by atoms with Gasteiger partial charge in [-0.1, -0.05) is 61.5 Å². The van der Waals surface area contributed by atoms with Gasteiger partial charge in [-0.25, -0.2) is 5.43 Å². The van der Waals surface area contributed by atoms with Crippen LogP contribution in [0.2, 0.25) is 0 Å². The Labute approximate surface area is 128 Å². The van der Waals surface area contributed by atoms with Crippen LogP contribution in [0, 0.1) is 5.92 Å². The van der Waals surface area contributed by atoms with Gasteiger partial charge in [-0.2, -0.15) is 5.10 Å². The summed E-state index contributed by atoms with van der Waals surface area (Å²) in [5.41, 5.74) is 5.59. The van der Waals surface area contributed by atoms with Crippen LogP contribution >= 0.6 is 0 Å². The monoisotopic (exact) mass is 292 g/mol. The quantitative estimate of drug-likeness (QED) is 0.884. The van der Waals surface area contributed by atoms with Gasteiger partial charge in [0.05, 0.1) is 5.71 Å². The van der Waals surface area contributed by atoms with Crippen molar-refractivity contribution in [3.8, 4) is 0 Å². The fraction of sp³-hybridized carbons (Fsp3) is 0.167. The fourth-order valence-corrected chi connectivity index (χ4v) is 2.55. The summed E-state index contributed by atoms with van der Waals surface area (Å²) in [7, 11) is 0. The minimum absolute atomic E-state index is 0.000848.